The van der Waals surface area contributed by atoms with Gasteiger partial charge in [0.1, 0.15) is 0 Å². The molecule has 7 heteroatoms. The van der Waals surface area contributed by atoms with E-state index in [2.05, 4.69) is 38.8 Å². The Labute approximate surface area is 157 Å². The maximum atomic E-state index is 12.9. The first-order chi connectivity index (χ1) is 12.4. The SMILES string of the molecule is CCCCn1/c(=N/C(=O)c2[c]ccc(C(F)(F)F)c2)cc(C(C)(C)C)n1C. The number of carbonyl (C=O) groups excluding carboxylic acids is 1. The normalized spacial score (nSPS) is 13.3. The molecule has 2 aromatic rings. The number of hydrogen-bond donors (Lipinski definition) is 0. The molecule has 1 radical (unpaired) electrons. The Bertz CT molecular complexity index is 883. The molecule has 27 heavy (non-hydrogen) atoms. The van der Waals surface area contributed by atoms with Crippen molar-refractivity contribution in [3.8, 4) is 0 Å². The van der Waals surface area contributed by atoms with Crippen molar-refractivity contribution in [2.75, 3.05) is 0 Å². The molecule has 0 N–H and O–H groups in total. The topological polar surface area (TPSA) is 39.3 Å². The predicted octanol–water partition coefficient (Wildman–Crippen LogP) is 4.48. The predicted molar refractivity (Wildman–Crippen MR) is 97.2 cm³/mol. The first-order valence-electron chi connectivity index (χ1n) is 8.90. The van der Waals surface area contributed by atoms with Gasteiger partial charge >= 0.3 is 6.18 Å². The van der Waals surface area contributed by atoms with Crippen LogP contribution in [0, 0.1) is 6.07 Å². The van der Waals surface area contributed by atoms with Crippen LogP contribution in [0.3, 0.4) is 0 Å². The van der Waals surface area contributed by atoms with E-state index in [1.54, 1.807) is 0 Å². The number of aromatic nitrogens is 2. The lowest BCUT2D eigenvalue weighted by Crippen LogP contribution is -2.25. The summed E-state index contributed by atoms with van der Waals surface area (Å²) in [5.41, 5.74) is 0.169. The molecule has 4 nitrogen and oxygen atoms in total. The maximum Gasteiger partial charge on any atom is 0.416 e. The van der Waals surface area contributed by atoms with Crippen molar-refractivity contribution in [2.45, 2.75) is 58.7 Å². The van der Waals surface area contributed by atoms with Crippen LogP contribution in [0.4, 0.5) is 13.2 Å². The van der Waals surface area contributed by atoms with Crippen LogP contribution in [0.15, 0.2) is 29.3 Å². The van der Waals surface area contributed by atoms with Gasteiger partial charge in [-0.15, -0.1) is 0 Å². The van der Waals surface area contributed by atoms with Crippen LogP contribution in [-0.2, 0) is 25.2 Å². The number of unbranched alkanes of at least 4 members (excludes halogenated alkanes) is 1. The third-order valence-electron chi connectivity index (χ3n) is 4.31. The number of carbonyl (C=O) groups is 1. The molecule has 0 aliphatic carbocycles. The second kappa shape index (κ2) is 7.74. The molecule has 1 aromatic heterocycles. The summed E-state index contributed by atoms with van der Waals surface area (Å²) in [4.78, 5) is 16.6. The van der Waals surface area contributed by atoms with Crippen LogP contribution in [0.2, 0.25) is 0 Å². The van der Waals surface area contributed by atoms with E-state index >= 15 is 0 Å². The first kappa shape index (κ1) is 21.0. The summed E-state index contributed by atoms with van der Waals surface area (Å²) in [6.45, 7) is 8.89. The molecule has 147 valence electrons. The summed E-state index contributed by atoms with van der Waals surface area (Å²) in [6.07, 6.45) is -2.65. The number of alkyl halides is 3. The fourth-order valence-electron chi connectivity index (χ4n) is 2.87. The van der Waals surface area contributed by atoms with Gasteiger partial charge in [-0.05, 0) is 24.6 Å². The summed E-state index contributed by atoms with van der Waals surface area (Å²) >= 11 is 0. The van der Waals surface area contributed by atoms with Crippen molar-refractivity contribution in [1.82, 2.24) is 9.36 Å². The molecular weight excluding hydrogens is 355 g/mol. The highest BCUT2D eigenvalue weighted by Crippen LogP contribution is 2.29. The Morgan fingerprint density at radius 2 is 1.89 bits per heavy atom. The Hall–Kier alpha value is -2.31. The molecular formula is C20H25F3N3O. The van der Waals surface area contributed by atoms with Gasteiger partial charge in [-0.1, -0.05) is 40.2 Å². The second-order valence-electron chi connectivity index (χ2n) is 7.54. The quantitative estimate of drug-likeness (QED) is 0.771. The van der Waals surface area contributed by atoms with E-state index in [0.29, 0.717) is 12.0 Å². The van der Waals surface area contributed by atoms with Crippen LogP contribution >= 0.6 is 0 Å². The molecule has 0 atom stereocenters. The van der Waals surface area contributed by atoms with Gasteiger partial charge in [0.25, 0.3) is 5.91 Å². The number of rotatable bonds is 4. The number of hydrogen-bond acceptors (Lipinski definition) is 1. The van der Waals surface area contributed by atoms with Gasteiger partial charge < -0.3 is 0 Å². The Kier molecular flexibility index (Phi) is 6.02. The lowest BCUT2D eigenvalue weighted by Gasteiger charge is -2.20. The molecule has 1 amide bonds. The van der Waals surface area contributed by atoms with Crippen molar-refractivity contribution < 1.29 is 18.0 Å². The Morgan fingerprint density at radius 3 is 2.44 bits per heavy atom. The molecule has 0 saturated heterocycles. The average Bonchev–Trinajstić information content (AvgIpc) is 2.88. The fourth-order valence-corrected chi connectivity index (χ4v) is 2.87. The zero-order valence-corrected chi connectivity index (χ0v) is 16.3. The first-order valence-corrected chi connectivity index (χ1v) is 8.90. The molecule has 0 aliphatic heterocycles. The summed E-state index contributed by atoms with van der Waals surface area (Å²) in [5, 5.41) is 0. The molecule has 1 aromatic carbocycles. The summed E-state index contributed by atoms with van der Waals surface area (Å²) in [7, 11) is 1.90. The molecule has 1 heterocycles. The lowest BCUT2D eigenvalue weighted by molar-refractivity contribution is -0.137. The van der Waals surface area contributed by atoms with E-state index in [0.717, 1.165) is 36.7 Å². The minimum atomic E-state index is -4.52. The van der Waals surface area contributed by atoms with Crippen molar-refractivity contribution >= 4 is 5.91 Å². The maximum absolute atomic E-state index is 12.9. The van der Waals surface area contributed by atoms with Crippen LogP contribution in [-0.4, -0.2) is 15.3 Å². The molecule has 0 bridgehead atoms. The van der Waals surface area contributed by atoms with Crippen molar-refractivity contribution in [3.05, 3.63) is 52.6 Å². The van der Waals surface area contributed by atoms with Crippen molar-refractivity contribution in [3.63, 3.8) is 0 Å². The number of amides is 1. The van der Waals surface area contributed by atoms with E-state index in [1.165, 1.54) is 0 Å². The molecule has 0 unspecified atom stereocenters. The number of halogens is 3. The Morgan fingerprint density at radius 1 is 1.22 bits per heavy atom. The second-order valence-corrected chi connectivity index (χ2v) is 7.54. The monoisotopic (exact) mass is 380 g/mol. The van der Waals surface area contributed by atoms with Crippen LogP contribution in [0.5, 0.6) is 0 Å². The van der Waals surface area contributed by atoms with Crippen LogP contribution in [0.1, 0.15) is 62.2 Å². The molecule has 0 saturated carbocycles. The lowest BCUT2D eigenvalue weighted by atomic mass is 9.92. The average molecular weight is 380 g/mol. The molecule has 0 spiro atoms. The minimum absolute atomic E-state index is 0.165. The largest absolute Gasteiger partial charge is 0.416 e. The summed E-state index contributed by atoms with van der Waals surface area (Å²) in [6, 6.07) is 7.15. The third kappa shape index (κ3) is 4.90. The zero-order valence-electron chi connectivity index (χ0n) is 16.3. The van der Waals surface area contributed by atoms with Crippen molar-refractivity contribution in [1.29, 1.82) is 0 Å². The molecule has 0 fully saturated rings. The third-order valence-corrected chi connectivity index (χ3v) is 4.31. The van der Waals surface area contributed by atoms with E-state index < -0.39 is 17.6 Å². The van der Waals surface area contributed by atoms with Gasteiger partial charge in [0.15, 0.2) is 5.49 Å². The van der Waals surface area contributed by atoms with E-state index in [4.69, 9.17) is 0 Å². The number of nitrogens with zero attached hydrogens (tertiary/aromatic N) is 3. The van der Waals surface area contributed by atoms with E-state index in [-0.39, 0.29) is 11.0 Å². The van der Waals surface area contributed by atoms with Crippen LogP contribution in [0.25, 0.3) is 0 Å². The van der Waals surface area contributed by atoms with E-state index in [9.17, 15) is 18.0 Å². The molecule has 0 aliphatic rings. The van der Waals surface area contributed by atoms with Gasteiger partial charge in [-0.3, -0.25) is 14.2 Å². The van der Waals surface area contributed by atoms with Gasteiger partial charge in [0.2, 0.25) is 0 Å². The summed E-state index contributed by atoms with van der Waals surface area (Å²) in [5.74, 6) is -0.739. The zero-order chi connectivity index (χ0) is 20.4. The highest BCUT2D eigenvalue weighted by Gasteiger charge is 2.31. The fraction of sp³-hybridized carbons (Fsp3) is 0.500. The van der Waals surface area contributed by atoms with Gasteiger partial charge in [-0.25, -0.2) is 0 Å². The van der Waals surface area contributed by atoms with Gasteiger partial charge in [0.05, 0.1) is 11.1 Å². The number of benzene rings is 1. The smallest absolute Gasteiger partial charge is 0.291 e. The van der Waals surface area contributed by atoms with E-state index in [1.807, 2.05) is 22.5 Å². The minimum Gasteiger partial charge on any atom is -0.291 e. The van der Waals surface area contributed by atoms with Crippen molar-refractivity contribution in [2.24, 2.45) is 12.0 Å². The highest BCUT2D eigenvalue weighted by molar-refractivity contribution is 5.94. The van der Waals surface area contributed by atoms with Gasteiger partial charge in [0, 0.05) is 30.8 Å². The van der Waals surface area contributed by atoms with Gasteiger partial charge in [-0.2, -0.15) is 18.2 Å². The highest BCUT2D eigenvalue weighted by atomic mass is 19.4. The van der Waals surface area contributed by atoms with Crippen LogP contribution < -0.4 is 5.49 Å². The standard InChI is InChI=1S/C20H25F3N3O/c1-6-7-11-26-17(13-16(25(26)5)19(2,3)4)24-18(27)14-9-8-10-15(12-14)20(21,22)23/h8,10,12-13H,6-7,11H2,1-5H3/b24-17+. The Balaban J connectivity index is 2.53. The summed E-state index contributed by atoms with van der Waals surface area (Å²) < 4.78 is 42.5. The molecule has 2 rings (SSSR count).